The highest BCUT2D eigenvalue weighted by Gasteiger charge is 2.10. The summed E-state index contributed by atoms with van der Waals surface area (Å²) in [6.45, 7) is 1.20. The maximum absolute atomic E-state index is 10.2. The lowest BCUT2D eigenvalue weighted by atomic mass is 10.0. The molecule has 0 aromatic heterocycles. The highest BCUT2D eigenvalue weighted by molar-refractivity contribution is 4.70. The van der Waals surface area contributed by atoms with Crippen molar-refractivity contribution >= 4 is 0 Å². The summed E-state index contributed by atoms with van der Waals surface area (Å²) in [7, 11) is 0. The van der Waals surface area contributed by atoms with E-state index >= 15 is 0 Å². The fourth-order valence-corrected chi connectivity index (χ4v) is 1.31. The molecule has 0 saturated carbocycles. The number of piperidine rings is 1. The van der Waals surface area contributed by atoms with Crippen LogP contribution in [-0.4, -0.2) is 19.2 Å². The molecule has 0 amide bonds. The van der Waals surface area contributed by atoms with E-state index in [0.717, 1.165) is 13.0 Å². The lowest BCUT2D eigenvalue weighted by molar-refractivity contribution is 0.170. The minimum Gasteiger partial charge on any atom is -0.314 e. The third-order valence-electron chi connectivity index (χ3n) is 1.88. The van der Waals surface area contributed by atoms with Crippen LogP contribution in [0.4, 0.5) is 0 Å². The van der Waals surface area contributed by atoms with Crippen LogP contribution in [0.25, 0.3) is 0 Å². The lowest BCUT2D eigenvalue weighted by Crippen LogP contribution is -2.34. The highest BCUT2D eigenvalue weighted by atomic mass is 16.3. The second-order valence-electron chi connectivity index (χ2n) is 2.64. The van der Waals surface area contributed by atoms with Crippen molar-refractivity contribution in [3.63, 3.8) is 0 Å². The van der Waals surface area contributed by atoms with Gasteiger partial charge in [-0.3, -0.25) is 0 Å². The predicted octanol–water partition coefficient (Wildman–Crippen LogP) is 0.949. The fourth-order valence-electron chi connectivity index (χ4n) is 1.31. The fraction of sp³-hybridized carbons (Fsp3) is 1.00. The standard InChI is InChI=1S/C7H14NO/c9-6-4-7-3-1-2-5-8-7/h7-8H,1-6H2/t7-/m0/s1. The van der Waals surface area contributed by atoms with Crippen molar-refractivity contribution in [3.8, 4) is 0 Å². The molecule has 1 N–H and O–H groups in total. The average molecular weight is 128 g/mol. The molecule has 0 unspecified atom stereocenters. The van der Waals surface area contributed by atoms with E-state index in [9.17, 15) is 5.11 Å². The quantitative estimate of drug-likeness (QED) is 0.590. The maximum Gasteiger partial charge on any atom is 0.0837 e. The summed E-state index contributed by atoms with van der Waals surface area (Å²) in [4.78, 5) is 0. The third kappa shape index (κ3) is 2.33. The summed E-state index contributed by atoms with van der Waals surface area (Å²) in [6.07, 6.45) is 4.62. The molecule has 1 aliphatic heterocycles. The summed E-state index contributed by atoms with van der Waals surface area (Å²) in [5.41, 5.74) is 0. The van der Waals surface area contributed by atoms with Crippen LogP contribution >= 0.6 is 0 Å². The van der Waals surface area contributed by atoms with Crippen molar-refractivity contribution < 1.29 is 5.11 Å². The molecule has 0 aromatic carbocycles. The third-order valence-corrected chi connectivity index (χ3v) is 1.88. The van der Waals surface area contributed by atoms with Gasteiger partial charge in [-0.2, -0.15) is 0 Å². The van der Waals surface area contributed by atoms with Crippen molar-refractivity contribution in [3.05, 3.63) is 0 Å². The lowest BCUT2D eigenvalue weighted by Gasteiger charge is -2.21. The van der Waals surface area contributed by atoms with Crippen LogP contribution in [0.5, 0.6) is 0 Å². The Kier molecular flexibility index (Phi) is 3.01. The second-order valence-corrected chi connectivity index (χ2v) is 2.64. The van der Waals surface area contributed by atoms with Gasteiger partial charge in [-0.05, 0) is 25.8 Å². The summed E-state index contributed by atoms with van der Waals surface area (Å²) in [5, 5.41) is 13.5. The van der Waals surface area contributed by atoms with Crippen LogP contribution in [0.15, 0.2) is 0 Å². The molecule has 0 spiro atoms. The number of nitrogens with one attached hydrogen (secondary N) is 1. The van der Waals surface area contributed by atoms with Crippen LogP contribution in [0, 0.1) is 0 Å². The Hall–Kier alpha value is -0.0800. The normalized spacial score (nSPS) is 28.3. The van der Waals surface area contributed by atoms with E-state index in [1.807, 2.05) is 0 Å². The Bertz CT molecular complexity index is 66.6. The largest absolute Gasteiger partial charge is 0.314 e. The first-order valence-electron chi connectivity index (χ1n) is 3.75. The van der Waals surface area contributed by atoms with Gasteiger partial charge in [0.15, 0.2) is 0 Å². The van der Waals surface area contributed by atoms with E-state index < -0.39 is 0 Å². The van der Waals surface area contributed by atoms with Gasteiger partial charge in [-0.1, -0.05) is 6.42 Å². The molecule has 1 saturated heterocycles. The molecular formula is C7H14NO. The predicted molar refractivity (Wildman–Crippen MR) is 35.8 cm³/mol. The Labute approximate surface area is 56.3 Å². The zero-order valence-corrected chi connectivity index (χ0v) is 5.73. The first-order valence-corrected chi connectivity index (χ1v) is 3.75. The molecule has 2 nitrogen and oxygen atoms in total. The van der Waals surface area contributed by atoms with E-state index in [1.54, 1.807) is 0 Å². The highest BCUT2D eigenvalue weighted by Crippen LogP contribution is 2.08. The molecule has 1 heterocycles. The summed E-state index contributed by atoms with van der Waals surface area (Å²) in [6, 6.07) is 0.538. The van der Waals surface area contributed by atoms with Crippen molar-refractivity contribution in [1.29, 1.82) is 0 Å². The van der Waals surface area contributed by atoms with Gasteiger partial charge < -0.3 is 5.32 Å². The first-order chi connectivity index (χ1) is 4.43. The van der Waals surface area contributed by atoms with Crippen molar-refractivity contribution in [2.24, 2.45) is 0 Å². The van der Waals surface area contributed by atoms with Gasteiger partial charge >= 0.3 is 0 Å². The van der Waals surface area contributed by atoms with Crippen molar-refractivity contribution in [1.82, 2.24) is 5.32 Å². The molecule has 1 rings (SSSR count). The van der Waals surface area contributed by atoms with Gasteiger partial charge in [0.2, 0.25) is 0 Å². The second kappa shape index (κ2) is 3.85. The van der Waals surface area contributed by atoms with Gasteiger partial charge in [-0.15, -0.1) is 0 Å². The van der Waals surface area contributed by atoms with E-state index in [-0.39, 0.29) is 6.61 Å². The first kappa shape index (κ1) is 7.03. The molecule has 0 bridgehead atoms. The molecule has 1 aliphatic rings. The number of hydrogen-bond acceptors (Lipinski definition) is 1. The van der Waals surface area contributed by atoms with Crippen molar-refractivity contribution in [2.45, 2.75) is 31.7 Å². The molecular weight excluding hydrogens is 114 g/mol. The monoisotopic (exact) mass is 128 g/mol. The Morgan fingerprint density at radius 2 is 2.33 bits per heavy atom. The molecule has 9 heavy (non-hydrogen) atoms. The van der Waals surface area contributed by atoms with Gasteiger partial charge in [-0.25, -0.2) is 5.11 Å². The van der Waals surface area contributed by atoms with Crippen LogP contribution in [0.2, 0.25) is 0 Å². The molecule has 0 aromatic rings. The van der Waals surface area contributed by atoms with Gasteiger partial charge in [0.05, 0.1) is 6.61 Å². The zero-order valence-electron chi connectivity index (χ0n) is 5.73. The molecule has 1 fully saturated rings. The van der Waals surface area contributed by atoms with Gasteiger partial charge in [0, 0.05) is 6.04 Å². The average Bonchev–Trinajstić information content (AvgIpc) is 1.91. The van der Waals surface area contributed by atoms with Crippen molar-refractivity contribution in [2.75, 3.05) is 13.2 Å². The number of rotatable bonds is 2. The Morgan fingerprint density at radius 3 is 2.89 bits per heavy atom. The molecule has 1 atom stereocenters. The molecule has 0 aliphatic carbocycles. The number of hydrogen-bond donors (Lipinski definition) is 1. The minimum atomic E-state index is 0.0810. The molecule has 1 radical (unpaired) electrons. The van der Waals surface area contributed by atoms with Gasteiger partial charge in [0.1, 0.15) is 0 Å². The SMILES string of the molecule is [O]CC[C@@H]1CCCCN1. The smallest absolute Gasteiger partial charge is 0.0837 e. The van der Waals surface area contributed by atoms with Crippen LogP contribution in [0.3, 0.4) is 0 Å². The zero-order chi connectivity index (χ0) is 6.53. The summed E-state index contributed by atoms with van der Waals surface area (Å²) >= 11 is 0. The van der Waals surface area contributed by atoms with Crippen LogP contribution in [0.1, 0.15) is 25.7 Å². The van der Waals surface area contributed by atoms with Gasteiger partial charge in [0.25, 0.3) is 0 Å². The topological polar surface area (TPSA) is 31.9 Å². The Balaban J connectivity index is 2.08. The maximum atomic E-state index is 10.2. The molecule has 2 heteroatoms. The van der Waals surface area contributed by atoms with E-state index in [2.05, 4.69) is 5.32 Å². The Morgan fingerprint density at radius 1 is 1.44 bits per heavy atom. The minimum absolute atomic E-state index is 0.0810. The van der Waals surface area contributed by atoms with E-state index in [0.29, 0.717) is 6.04 Å². The summed E-state index contributed by atoms with van der Waals surface area (Å²) < 4.78 is 0. The van der Waals surface area contributed by atoms with Crippen LogP contribution in [-0.2, 0) is 5.11 Å². The van der Waals surface area contributed by atoms with E-state index in [4.69, 9.17) is 0 Å². The molecule has 53 valence electrons. The summed E-state index contributed by atoms with van der Waals surface area (Å²) in [5.74, 6) is 0. The van der Waals surface area contributed by atoms with Crippen LogP contribution < -0.4 is 5.32 Å². The van der Waals surface area contributed by atoms with E-state index in [1.165, 1.54) is 19.3 Å².